The molecule has 1 aromatic heterocycles. The number of alkyl halides is 3. The first kappa shape index (κ1) is 11.7. The van der Waals surface area contributed by atoms with Gasteiger partial charge in [-0.25, -0.2) is 0 Å². The summed E-state index contributed by atoms with van der Waals surface area (Å²) in [4.78, 5) is 14.0. The third-order valence-electron chi connectivity index (χ3n) is 1.23. The smallest absolute Gasteiger partial charge is 0.254 e. The molecule has 0 saturated carbocycles. The largest absolute Gasteiger partial charge is 0.345 e. The summed E-state index contributed by atoms with van der Waals surface area (Å²) in [5, 5.41) is 0.359. The van der Waals surface area contributed by atoms with E-state index in [4.69, 9.17) is 46.4 Å². The van der Waals surface area contributed by atoms with Crippen molar-refractivity contribution in [2.75, 3.05) is 0 Å². The maximum Gasteiger partial charge on any atom is 0.254 e. The predicted octanol–water partition coefficient (Wildman–Crippen LogP) is 3.98. The minimum absolute atomic E-state index is 0.150. The van der Waals surface area contributed by atoms with Crippen molar-refractivity contribution in [3.63, 3.8) is 0 Å². The lowest BCUT2D eigenvalue weighted by molar-refractivity contribution is 0.0992. The van der Waals surface area contributed by atoms with Crippen LogP contribution in [0.5, 0.6) is 0 Å². The molecule has 1 heterocycles. The molecule has 0 aromatic carbocycles. The Balaban J connectivity index is 3.03. The molecule has 1 aromatic rings. The monoisotopic (exact) mass is 323 g/mol. The molecular formula is C6H2BrCl4NO. The number of Topliss-reactive ketones (excluding diaryl/α,β-unsaturated/α-hetero) is 1. The summed E-state index contributed by atoms with van der Waals surface area (Å²) < 4.78 is -1.49. The van der Waals surface area contributed by atoms with E-state index in [9.17, 15) is 4.79 Å². The number of halogens is 5. The van der Waals surface area contributed by atoms with E-state index in [1.807, 2.05) is 0 Å². The second kappa shape index (κ2) is 3.99. The molecule has 0 amide bonds. The molecule has 0 spiro atoms. The Morgan fingerprint density at radius 3 is 2.31 bits per heavy atom. The molecular weight excluding hydrogens is 324 g/mol. The second-order valence-corrected chi connectivity index (χ2v) is 5.65. The van der Waals surface area contributed by atoms with E-state index in [0.29, 0.717) is 9.63 Å². The zero-order valence-electron chi connectivity index (χ0n) is 5.88. The van der Waals surface area contributed by atoms with Crippen LogP contribution in [0.2, 0.25) is 5.02 Å². The van der Waals surface area contributed by atoms with Crippen LogP contribution in [0.4, 0.5) is 0 Å². The van der Waals surface area contributed by atoms with E-state index in [0.717, 1.165) is 0 Å². The number of carbonyl (C=O) groups excluding carboxylic acids is 1. The molecule has 0 bridgehead atoms. The van der Waals surface area contributed by atoms with Gasteiger partial charge in [0, 0.05) is 0 Å². The lowest BCUT2D eigenvalue weighted by Crippen LogP contribution is -2.19. The van der Waals surface area contributed by atoms with Crippen LogP contribution in [0.25, 0.3) is 0 Å². The summed E-state index contributed by atoms with van der Waals surface area (Å²) in [7, 11) is 0. The Bertz CT molecular complexity index is 323. The van der Waals surface area contributed by atoms with Gasteiger partial charge in [0.05, 0.1) is 10.7 Å². The summed E-state index contributed by atoms with van der Waals surface area (Å²) in [5.41, 5.74) is 0.150. The minimum atomic E-state index is -1.96. The predicted molar refractivity (Wildman–Crippen MR) is 58.1 cm³/mol. The Hall–Kier alpha value is 0.590. The van der Waals surface area contributed by atoms with E-state index < -0.39 is 9.58 Å². The van der Waals surface area contributed by atoms with Crippen LogP contribution in [-0.2, 0) is 0 Å². The van der Waals surface area contributed by atoms with Crippen LogP contribution in [-0.4, -0.2) is 14.6 Å². The van der Waals surface area contributed by atoms with Crippen LogP contribution in [0.1, 0.15) is 10.5 Å². The molecule has 72 valence electrons. The molecule has 0 aliphatic carbocycles. The standard InChI is InChI=1S/C6H2BrCl4NO/c7-5-2(8)1-3(12-5)4(13)6(9,10)11/h1,12H. The molecule has 0 atom stereocenters. The number of rotatable bonds is 1. The van der Waals surface area contributed by atoms with Gasteiger partial charge in [0.25, 0.3) is 3.79 Å². The van der Waals surface area contributed by atoms with Crippen LogP contribution < -0.4 is 0 Å². The van der Waals surface area contributed by atoms with Crippen molar-refractivity contribution < 1.29 is 4.79 Å². The number of aromatic nitrogens is 1. The summed E-state index contributed by atoms with van der Waals surface area (Å²) in [5.74, 6) is -0.648. The third kappa shape index (κ3) is 2.77. The fourth-order valence-corrected chi connectivity index (χ4v) is 1.47. The second-order valence-electron chi connectivity index (χ2n) is 2.17. The maximum atomic E-state index is 11.3. The van der Waals surface area contributed by atoms with Gasteiger partial charge < -0.3 is 4.98 Å². The molecule has 1 N–H and O–H groups in total. The fourth-order valence-electron chi connectivity index (χ4n) is 0.679. The van der Waals surface area contributed by atoms with Gasteiger partial charge >= 0.3 is 0 Å². The molecule has 2 nitrogen and oxygen atoms in total. The van der Waals surface area contributed by atoms with Crippen molar-refractivity contribution >= 4 is 68.1 Å². The quantitative estimate of drug-likeness (QED) is 0.615. The van der Waals surface area contributed by atoms with Gasteiger partial charge in [-0.2, -0.15) is 0 Å². The molecule has 13 heavy (non-hydrogen) atoms. The lowest BCUT2D eigenvalue weighted by Gasteiger charge is -2.06. The third-order valence-corrected chi connectivity index (χ3v) is 2.89. The molecule has 0 aliphatic heterocycles. The summed E-state index contributed by atoms with van der Waals surface area (Å²) >= 11 is 24.9. The zero-order valence-corrected chi connectivity index (χ0v) is 10.5. The highest BCUT2D eigenvalue weighted by molar-refractivity contribution is 9.10. The van der Waals surface area contributed by atoms with Crippen LogP contribution in [0, 0.1) is 0 Å². The van der Waals surface area contributed by atoms with Gasteiger partial charge in [-0.05, 0) is 22.0 Å². The first-order valence-corrected chi connectivity index (χ1v) is 5.28. The average Bonchev–Trinajstić information content (AvgIpc) is 2.29. The van der Waals surface area contributed by atoms with Crippen molar-refractivity contribution in [3.8, 4) is 0 Å². The van der Waals surface area contributed by atoms with E-state index in [-0.39, 0.29) is 5.69 Å². The van der Waals surface area contributed by atoms with Crippen molar-refractivity contribution in [1.29, 1.82) is 0 Å². The maximum absolute atomic E-state index is 11.3. The van der Waals surface area contributed by atoms with Crippen molar-refractivity contribution in [1.82, 2.24) is 4.98 Å². The van der Waals surface area contributed by atoms with Gasteiger partial charge in [-0.3, -0.25) is 4.79 Å². The van der Waals surface area contributed by atoms with Crippen LogP contribution >= 0.6 is 62.3 Å². The van der Waals surface area contributed by atoms with Crippen LogP contribution in [0.15, 0.2) is 10.7 Å². The Kier molecular flexibility index (Phi) is 3.58. The van der Waals surface area contributed by atoms with Crippen LogP contribution in [0.3, 0.4) is 0 Å². The Labute approximate surface area is 103 Å². The number of nitrogens with one attached hydrogen (secondary N) is 1. The normalized spacial score (nSPS) is 11.8. The number of ketones is 1. The van der Waals surface area contributed by atoms with E-state index in [2.05, 4.69) is 20.9 Å². The van der Waals surface area contributed by atoms with Gasteiger partial charge in [0.2, 0.25) is 5.78 Å². The van der Waals surface area contributed by atoms with Crippen molar-refractivity contribution in [3.05, 3.63) is 21.4 Å². The number of hydrogen-bond acceptors (Lipinski definition) is 1. The molecule has 7 heteroatoms. The highest BCUT2D eigenvalue weighted by Gasteiger charge is 2.33. The molecule has 0 saturated heterocycles. The summed E-state index contributed by atoms with van der Waals surface area (Å²) in [6.45, 7) is 0. The van der Waals surface area contributed by atoms with Gasteiger partial charge in [-0.15, -0.1) is 0 Å². The minimum Gasteiger partial charge on any atom is -0.345 e. The summed E-state index contributed by atoms with van der Waals surface area (Å²) in [6, 6.07) is 1.38. The van der Waals surface area contributed by atoms with Gasteiger partial charge in [0.15, 0.2) is 0 Å². The van der Waals surface area contributed by atoms with E-state index in [1.54, 1.807) is 0 Å². The molecule has 0 radical (unpaired) electrons. The number of carbonyl (C=O) groups is 1. The van der Waals surface area contributed by atoms with Crippen molar-refractivity contribution in [2.24, 2.45) is 0 Å². The molecule has 0 aliphatic rings. The van der Waals surface area contributed by atoms with Gasteiger partial charge in [-0.1, -0.05) is 46.4 Å². The Morgan fingerprint density at radius 2 is 2.00 bits per heavy atom. The number of aromatic amines is 1. The summed E-state index contributed by atoms with van der Waals surface area (Å²) in [6.07, 6.45) is 0. The first-order chi connectivity index (χ1) is 5.82. The Morgan fingerprint density at radius 1 is 1.46 bits per heavy atom. The highest BCUT2D eigenvalue weighted by Crippen LogP contribution is 2.32. The lowest BCUT2D eigenvalue weighted by atomic mass is 10.3. The molecule has 0 unspecified atom stereocenters. The number of H-pyrrole nitrogens is 1. The molecule has 1 rings (SSSR count). The van der Waals surface area contributed by atoms with E-state index in [1.165, 1.54) is 6.07 Å². The van der Waals surface area contributed by atoms with E-state index >= 15 is 0 Å². The topological polar surface area (TPSA) is 32.9 Å². The fraction of sp³-hybridized carbons (Fsp3) is 0.167. The number of hydrogen-bond donors (Lipinski definition) is 1. The SMILES string of the molecule is O=C(c1cc(Cl)c(Br)[nH]1)C(Cl)(Cl)Cl. The molecule has 0 fully saturated rings. The average molecular weight is 326 g/mol. The zero-order chi connectivity index (χ0) is 10.2. The highest BCUT2D eigenvalue weighted by atomic mass is 79.9. The van der Waals surface area contributed by atoms with Crippen molar-refractivity contribution in [2.45, 2.75) is 3.79 Å². The first-order valence-electron chi connectivity index (χ1n) is 2.98. The van der Waals surface area contributed by atoms with Gasteiger partial charge in [0.1, 0.15) is 4.60 Å².